The Kier molecular flexibility index (Phi) is 8.60. The minimum atomic E-state index is -4.78. The first-order valence-electron chi connectivity index (χ1n) is 12.6. The number of rotatable bonds is 8. The minimum Gasteiger partial charge on any atom is -0.476 e. The van der Waals surface area contributed by atoms with E-state index < -0.39 is 34.7 Å². The van der Waals surface area contributed by atoms with Crippen molar-refractivity contribution in [1.82, 2.24) is 4.90 Å². The number of hydrogen-bond donors (Lipinski definition) is 1. The largest absolute Gasteiger partial charge is 0.476 e. The number of carbonyl (C=O) groups is 2. The molecule has 2 amide bonds. The number of anilines is 1. The van der Waals surface area contributed by atoms with Crippen molar-refractivity contribution in [3.63, 3.8) is 0 Å². The summed E-state index contributed by atoms with van der Waals surface area (Å²) in [6, 6.07) is 1.54. The fourth-order valence-electron chi connectivity index (χ4n) is 5.33. The first-order chi connectivity index (χ1) is 16.8. The lowest BCUT2D eigenvalue weighted by atomic mass is 9.83. The average molecular weight is 514 g/mol. The number of nitrogens with two attached hydrogens (primary N) is 1. The summed E-state index contributed by atoms with van der Waals surface area (Å²) in [5, 5.41) is 0. The SMILES string of the molecule is COCC[C@H]1CC[C@@H](N(C(=O)c2cc3c(cc2C(F)(F)F)OC(C)(C)C(=O)N3CCN)C(C)C)CC1. The monoisotopic (exact) mass is 513 g/mol. The fourth-order valence-corrected chi connectivity index (χ4v) is 5.33. The van der Waals surface area contributed by atoms with Crippen LogP contribution in [-0.4, -0.2) is 61.2 Å². The highest BCUT2D eigenvalue weighted by atomic mass is 19.4. The molecule has 2 N–H and O–H groups in total. The molecule has 3 rings (SSSR count). The van der Waals surface area contributed by atoms with E-state index in [1.807, 2.05) is 13.8 Å². The van der Waals surface area contributed by atoms with Crippen molar-refractivity contribution in [3.05, 3.63) is 23.3 Å². The molecule has 0 atom stereocenters. The van der Waals surface area contributed by atoms with E-state index in [-0.39, 0.29) is 36.6 Å². The lowest BCUT2D eigenvalue weighted by Gasteiger charge is -2.41. The molecule has 202 valence electrons. The van der Waals surface area contributed by atoms with Crippen molar-refractivity contribution in [3.8, 4) is 5.75 Å². The summed E-state index contributed by atoms with van der Waals surface area (Å²) in [6.45, 7) is 7.50. The Bertz CT molecular complexity index is 956. The molecule has 0 aromatic heterocycles. The van der Waals surface area contributed by atoms with Gasteiger partial charge in [0.25, 0.3) is 11.8 Å². The maximum absolute atomic E-state index is 14.2. The molecule has 0 bridgehead atoms. The third-order valence-corrected chi connectivity index (χ3v) is 7.13. The van der Waals surface area contributed by atoms with Gasteiger partial charge in [-0.25, -0.2) is 0 Å². The zero-order valence-electron chi connectivity index (χ0n) is 21.8. The predicted octanol–water partition coefficient (Wildman–Crippen LogP) is 4.61. The number of alkyl halides is 3. The molecule has 10 heteroatoms. The van der Waals surface area contributed by atoms with Crippen LogP contribution in [0.15, 0.2) is 12.1 Å². The second-order valence-corrected chi connectivity index (χ2v) is 10.5. The number of halogens is 3. The van der Waals surface area contributed by atoms with Gasteiger partial charge in [-0.1, -0.05) is 0 Å². The highest BCUT2D eigenvalue weighted by Crippen LogP contribution is 2.44. The number of benzene rings is 1. The Hall–Kier alpha value is -2.33. The molecule has 1 aromatic rings. The van der Waals surface area contributed by atoms with Gasteiger partial charge < -0.3 is 25.0 Å². The number of ether oxygens (including phenoxy) is 2. The second kappa shape index (κ2) is 11.0. The summed E-state index contributed by atoms with van der Waals surface area (Å²) in [5.41, 5.74) is 2.92. The summed E-state index contributed by atoms with van der Waals surface area (Å²) in [7, 11) is 1.66. The van der Waals surface area contributed by atoms with E-state index in [2.05, 4.69) is 0 Å². The lowest BCUT2D eigenvalue weighted by Crippen LogP contribution is -2.54. The second-order valence-electron chi connectivity index (χ2n) is 10.5. The molecule has 2 aliphatic rings. The highest BCUT2D eigenvalue weighted by Gasteiger charge is 2.45. The number of nitrogens with zero attached hydrogens (tertiary/aromatic N) is 2. The van der Waals surface area contributed by atoms with Gasteiger partial charge in [-0.05, 0) is 77.8 Å². The van der Waals surface area contributed by atoms with Crippen LogP contribution in [0.25, 0.3) is 0 Å². The Balaban J connectivity index is 2.02. The fraction of sp³-hybridized carbons (Fsp3) is 0.692. The van der Waals surface area contributed by atoms with Crippen LogP contribution in [0.4, 0.5) is 18.9 Å². The van der Waals surface area contributed by atoms with Gasteiger partial charge in [-0.2, -0.15) is 13.2 Å². The van der Waals surface area contributed by atoms with E-state index >= 15 is 0 Å². The molecule has 36 heavy (non-hydrogen) atoms. The van der Waals surface area contributed by atoms with Crippen LogP contribution in [0, 0.1) is 5.92 Å². The Morgan fingerprint density at radius 2 is 1.89 bits per heavy atom. The molecule has 1 aliphatic heterocycles. The average Bonchev–Trinajstić information content (AvgIpc) is 2.80. The first-order valence-corrected chi connectivity index (χ1v) is 12.6. The molecular formula is C26H38F3N3O4. The number of methoxy groups -OCH3 is 1. The third kappa shape index (κ3) is 5.80. The van der Waals surface area contributed by atoms with E-state index in [4.69, 9.17) is 15.2 Å². The smallest absolute Gasteiger partial charge is 0.417 e. The van der Waals surface area contributed by atoms with E-state index in [1.165, 1.54) is 18.7 Å². The lowest BCUT2D eigenvalue weighted by molar-refractivity contribution is -0.138. The quantitative estimate of drug-likeness (QED) is 0.549. The molecule has 7 nitrogen and oxygen atoms in total. The maximum Gasteiger partial charge on any atom is 0.417 e. The van der Waals surface area contributed by atoms with Crippen molar-refractivity contribution >= 4 is 17.5 Å². The maximum atomic E-state index is 14.2. The van der Waals surface area contributed by atoms with Crippen LogP contribution in [0.1, 0.15) is 75.7 Å². The normalized spacial score (nSPS) is 21.8. The van der Waals surface area contributed by atoms with Crippen molar-refractivity contribution < 1.29 is 32.2 Å². The zero-order valence-corrected chi connectivity index (χ0v) is 21.8. The Morgan fingerprint density at radius 3 is 2.42 bits per heavy atom. The molecule has 0 unspecified atom stereocenters. The van der Waals surface area contributed by atoms with E-state index in [0.717, 1.165) is 44.2 Å². The van der Waals surface area contributed by atoms with Gasteiger partial charge in [0.05, 0.1) is 16.8 Å². The minimum absolute atomic E-state index is 0.0910. The van der Waals surface area contributed by atoms with Crippen LogP contribution in [0.2, 0.25) is 0 Å². The number of hydrogen-bond acceptors (Lipinski definition) is 5. The molecule has 1 aliphatic carbocycles. The van der Waals surface area contributed by atoms with Crippen LogP contribution < -0.4 is 15.4 Å². The number of carbonyl (C=O) groups excluding carboxylic acids is 2. The Morgan fingerprint density at radius 1 is 1.25 bits per heavy atom. The summed E-state index contributed by atoms with van der Waals surface area (Å²) >= 11 is 0. The van der Waals surface area contributed by atoms with Gasteiger partial charge in [-0.3, -0.25) is 9.59 Å². The standard InChI is InChI=1S/C26H38F3N3O4/c1-16(2)32(18-8-6-17(7-9-18)10-13-35-5)23(33)19-14-21-22(15-20(19)26(27,28)29)36-25(3,4)24(34)31(21)12-11-30/h14-18H,6-13,30H2,1-5H3/t17-,18+. The van der Waals surface area contributed by atoms with Crippen LogP contribution >= 0.6 is 0 Å². The highest BCUT2D eigenvalue weighted by molar-refractivity contribution is 6.05. The van der Waals surface area contributed by atoms with Crippen molar-refractivity contribution in [2.75, 3.05) is 31.7 Å². The van der Waals surface area contributed by atoms with Gasteiger partial charge in [-0.15, -0.1) is 0 Å². The summed E-state index contributed by atoms with van der Waals surface area (Å²) in [6.07, 6.45) is -0.623. The molecule has 1 fully saturated rings. The van der Waals surface area contributed by atoms with E-state index in [0.29, 0.717) is 12.5 Å². The Labute approximate surface area is 211 Å². The summed E-state index contributed by atoms with van der Waals surface area (Å²) in [4.78, 5) is 29.7. The van der Waals surface area contributed by atoms with Gasteiger partial charge in [0.1, 0.15) is 5.75 Å². The first kappa shape index (κ1) is 28.2. The molecule has 0 radical (unpaired) electrons. The van der Waals surface area contributed by atoms with Crippen molar-refractivity contribution in [1.29, 1.82) is 0 Å². The number of amides is 2. The molecular weight excluding hydrogens is 475 g/mol. The van der Waals surface area contributed by atoms with Crippen molar-refractivity contribution in [2.24, 2.45) is 11.7 Å². The molecule has 1 aromatic carbocycles. The number of fused-ring (bicyclic) bond motifs is 1. The molecule has 0 saturated heterocycles. The topological polar surface area (TPSA) is 85.1 Å². The zero-order chi connectivity index (χ0) is 26.8. The van der Waals surface area contributed by atoms with E-state index in [9.17, 15) is 22.8 Å². The van der Waals surface area contributed by atoms with Crippen LogP contribution in [-0.2, 0) is 15.7 Å². The van der Waals surface area contributed by atoms with Crippen molar-refractivity contribution in [2.45, 2.75) is 83.7 Å². The summed E-state index contributed by atoms with van der Waals surface area (Å²) < 4.78 is 53.5. The molecule has 1 saturated carbocycles. The molecule has 0 spiro atoms. The van der Waals surface area contributed by atoms with Gasteiger partial charge >= 0.3 is 6.18 Å². The summed E-state index contributed by atoms with van der Waals surface area (Å²) in [5.74, 6) is -0.720. The van der Waals surface area contributed by atoms with E-state index in [1.54, 1.807) is 12.0 Å². The predicted molar refractivity (Wildman–Crippen MR) is 131 cm³/mol. The third-order valence-electron chi connectivity index (χ3n) is 7.13. The van der Waals surface area contributed by atoms with Gasteiger partial charge in [0.2, 0.25) is 0 Å². The van der Waals surface area contributed by atoms with Gasteiger partial charge in [0, 0.05) is 38.9 Å². The van der Waals surface area contributed by atoms with Crippen LogP contribution in [0.3, 0.4) is 0 Å². The van der Waals surface area contributed by atoms with Crippen LogP contribution in [0.5, 0.6) is 5.75 Å². The molecule has 1 heterocycles. The van der Waals surface area contributed by atoms with Gasteiger partial charge in [0.15, 0.2) is 5.60 Å².